The fourth-order valence-corrected chi connectivity index (χ4v) is 1.49. The standard InChI is InChI=1S/C8H10Cl3NO6/c1-2(3-6(13)12-7(3)18-15)16-8(14)17-5(11)4(9)10/h2-5,7,15H,1H3,(H,12,13)/t2?,3-,5?,7-/m1/s1. The maximum absolute atomic E-state index is 11.2. The molecule has 1 fully saturated rings. The zero-order valence-electron chi connectivity index (χ0n) is 9.01. The van der Waals surface area contributed by atoms with Crippen LogP contribution in [-0.2, 0) is 19.2 Å². The van der Waals surface area contributed by atoms with Crippen LogP contribution in [0.3, 0.4) is 0 Å². The summed E-state index contributed by atoms with van der Waals surface area (Å²) in [7, 11) is 0. The number of rotatable bonds is 5. The van der Waals surface area contributed by atoms with Crippen molar-refractivity contribution < 1.29 is 29.2 Å². The van der Waals surface area contributed by atoms with Gasteiger partial charge in [-0.1, -0.05) is 34.8 Å². The lowest BCUT2D eigenvalue weighted by molar-refractivity contribution is -0.313. The second kappa shape index (κ2) is 6.63. The first kappa shape index (κ1) is 15.6. The fraction of sp³-hybridized carbons (Fsp3) is 0.750. The number of halogens is 3. The van der Waals surface area contributed by atoms with Gasteiger partial charge in [-0.25, -0.2) is 14.9 Å². The number of carbonyl (C=O) groups is 2. The maximum atomic E-state index is 11.2. The van der Waals surface area contributed by atoms with Crippen molar-refractivity contribution in [2.45, 2.75) is 29.7 Å². The molecule has 0 aliphatic carbocycles. The van der Waals surface area contributed by atoms with Crippen molar-refractivity contribution in [2.24, 2.45) is 5.92 Å². The minimum absolute atomic E-state index is 0.427. The first-order valence-corrected chi connectivity index (χ1v) is 6.07. The van der Waals surface area contributed by atoms with Gasteiger partial charge in [-0.15, -0.1) is 0 Å². The van der Waals surface area contributed by atoms with E-state index in [2.05, 4.69) is 14.9 Å². The third-order valence-corrected chi connectivity index (χ3v) is 3.28. The van der Waals surface area contributed by atoms with Gasteiger partial charge in [0.25, 0.3) is 0 Å². The van der Waals surface area contributed by atoms with Gasteiger partial charge in [-0.3, -0.25) is 4.79 Å². The first-order valence-electron chi connectivity index (χ1n) is 4.77. The molecule has 1 heterocycles. The van der Waals surface area contributed by atoms with Gasteiger partial charge < -0.3 is 14.8 Å². The Bertz CT molecular complexity index is 328. The van der Waals surface area contributed by atoms with E-state index < -0.39 is 40.7 Å². The summed E-state index contributed by atoms with van der Waals surface area (Å²) in [6, 6.07) is 0. The molecular weight excluding hydrogens is 312 g/mol. The molecule has 2 N–H and O–H groups in total. The predicted octanol–water partition coefficient (Wildman–Crippen LogP) is 1.46. The monoisotopic (exact) mass is 321 g/mol. The predicted molar refractivity (Wildman–Crippen MR) is 61.3 cm³/mol. The Balaban J connectivity index is 2.42. The van der Waals surface area contributed by atoms with Crippen LogP contribution in [0.1, 0.15) is 6.92 Å². The number of alkyl halides is 3. The van der Waals surface area contributed by atoms with Gasteiger partial charge in [0.2, 0.25) is 11.5 Å². The van der Waals surface area contributed by atoms with E-state index in [1.165, 1.54) is 6.92 Å². The first-order chi connectivity index (χ1) is 8.36. The van der Waals surface area contributed by atoms with Crippen molar-refractivity contribution in [1.29, 1.82) is 0 Å². The molecule has 0 aromatic rings. The molecule has 2 unspecified atom stereocenters. The number of hydrogen-bond acceptors (Lipinski definition) is 6. The average molecular weight is 323 g/mol. The highest BCUT2D eigenvalue weighted by Gasteiger charge is 2.46. The summed E-state index contributed by atoms with van der Waals surface area (Å²) in [6.07, 6.45) is -2.94. The molecule has 7 nitrogen and oxygen atoms in total. The van der Waals surface area contributed by atoms with Gasteiger partial charge in [-0.2, -0.15) is 0 Å². The number of nitrogens with one attached hydrogen (secondary N) is 1. The highest BCUT2D eigenvalue weighted by atomic mass is 35.5. The molecule has 0 aromatic heterocycles. The Morgan fingerprint density at radius 2 is 2.00 bits per heavy atom. The largest absolute Gasteiger partial charge is 0.510 e. The fourth-order valence-electron chi connectivity index (χ4n) is 1.31. The summed E-state index contributed by atoms with van der Waals surface area (Å²) >= 11 is 16.2. The molecule has 0 spiro atoms. The van der Waals surface area contributed by atoms with Gasteiger partial charge in [0.05, 0.1) is 0 Å². The lowest BCUT2D eigenvalue weighted by atomic mass is 9.93. The smallest absolute Gasteiger partial charge is 0.430 e. The molecule has 1 saturated heterocycles. The van der Waals surface area contributed by atoms with E-state index in [0.29, 0.717) is 0 Å². The van der Waals surface area contributed by atoms with Crippen molar-refractivity contribution >= 4 is 46.9 Å². The minimum atomic E-state index is -1.27. The summed E-state index contributed by atoms with van der Waals surface area (Å²) in [5.74, 6) is -1.26. The Hall–Kier alpha value is -0.470. The van der Waals surface area contributed by atoms with Gasteiger partial charge in [0.1, 0.15) is 12.0 Å². The summed E-state index contributed by atoms with van der Waals surface area (Å²) < 4.78 is 9.27. The average Bonchev–Trinajstić information content (AvgIpc) is 2.24. The van der Waals surface area contributed by atoms with Crippen molar-refractivity contribution in [3.63, 3.8) is 0 Å². The Labute approximate surface area is 117 Å². The highest BCUT2D eigenvalue weighted by molar-refractivity contribution is 6.48. The minimum Gasteiger partial charge on any atom is -0.430 e. The molecular formula is C8H10Cl3NO6. The van der Waals surface area contributed by atoms with Gasteiger partial charge >= 0.3 is 6.16 Å². The summed E-state index contributed by atoms with van der Waals surface area (Å²) in [5, 5.41) is 10.7. The summed E-state index contributed by atoms with van der Waals surface area (Å²) in [4.78, 5) is 25.2. The number of hydrogen-bond donors (Lipinski definition) is 2. The van der Waals surface area contributed by atoms with Gasteiger partial charge in [0, 0.05) is 0 Å². The summed E-state index contributed by atoms with van der Waals surface area (Å²) in [5.41, 5.74) is -1.27. The van der Waals surface area contributed by atoms with Crippen molar-refractivity contribution in [1.82, 2.24) is 5.32 Å². The Morgan fingerprint density at radius 3 is 2.44 bits per heavy atom. The second-order valence-corrected chi connectivity index (χ2v) is 5.03. The lowest BCUT2D eigenvalue weighted by Crippen LogP contribution is -2.63. The topological polar surface area (TPSA) is 94.1 Å². The molecule has 1 amide bonds. The lowest BCUT2D eigenvalue weighted by Gasteiger charge is -2.36. The molecule has 1 aliphatic rings. The van der Waals surface area contributed by atoms with Crippen LogP contribution >= 0.6 is 34.8 Å². The Kier molecular flexibility index (Phi) is 5.74. The molecule has 18 heavy (non-hydrogen) atoms. The van der Waals surface area contributed by atoms with Crippen molar-refractivity contribution in [3.8, 4) is 0 Å². The van der Waals surface area contributed by atoms with Crippen molar-refractivity contribution in [3.05, 3.63) is 0 Å². The molecule has 104 valence electrons. The van der Waals surface area contributed by atoms with Crippen LogP contribution in [0.4, 0.5) is 4.79 Å². The van der Waals surface area contributed by atoms with E-state index in [9.17, 15) is 9.59 Å². The molecule has 0 radical (unpaired) electrons. The molecule has 10 heteroatoms. The third-order valence-electron chi connectivity index (χ3n) is 2.22. The van der Waals surface area contributed by atoms with Crippen molar-refractivity contribution in [2.75, 3.05) is 0 Å². The molecule has 1 aliphatic heterocycles. The quantitative estimate of drug-likeness (QED) is 0.262. The van der Waals surface area contributed by atoms with Crippen LogP contribution in [0.15, 0.2) is 0 Å². The molecule has 0 bridgehead atoms. The van der Waals surface area contributed by atoms with Gasteiger partial charge in [-0.05, 0) is 6.92 Å². The van der Waals surface area contributed by atoms with Crippen LogP contribution in [0, 0.1) is 5.92 Å². The van der Waals surface area contributed by atoms with Crippen LogP contribution in [0.5, 0.6) is 0 Å². The molecule has 1 rings (SSSR count). The van der Waals surface area contributed by atoms with Crippen LogP contribution in [0.2, 0.25) is 0 Å². The number of carbonyl (C=O) groups excluding carboxylic acids is 2. The molecule has 0 aromatic carbocycles. The zero-order valence-corrected chi connectivity index (χ0v) is 11.3. The van der Waals surface area contributed by atoms with E-state index in [0.717, 1.165) is 0 Å². The van der Waals surface area contributed by atoms with E-state index in [-0.39, 0.29) is 0 Å². The number of β-lactam (4-membered cyclic amide) rings is 1. The van der Waals surface area contributed by atoms with E-state index in [1.54, 1.807) is 0 Å². The van der Waals surface area contributed by atoms with Crippen LogP contribution < -0.4 is 5.32 Å². The van der Waals surface area contributed by atoms with E-state index in [1.807, 2.05) is 0 Å². The molecule has 0 saturated carbocycles. The number of amides is 1. The van der Waals surface area contributed by atoms with E-state index >= 15 is 0 Å². The molecule has 4 atom stereocenters. The van der Waals surface area contributed by atoms with E-state index in [4.69, 9.17) is 44.8 Å². The SMILES string of the molecule is CC(OC(=O)OC(Cl)C(Cl)Cl)[C@@H]1C(=O)N[C@@H]1OO. The van der Waals surface area contributed by atoms with Gasteiger partial charge in [0.15, 0.2) is 11.1 Å². The zero-order chi connectivity index (χ0) is 13.9. The third kappa shape index (κ3) is 3.76. The summed E-state index contributed by atoms with van der Waals surface area (Å²) in [6.45, 7) is 1.43. The van der Waals surface area contributed by atoms with Crippen LogP contribution in [0.25, 0.3) is 0 Å². The second-order valence-electron chi connectivity index (χ2n) is 3.44. The maximum Gasteiger partial charge on any atom is 0.510 e. The Morgan fingerprint density at radius 1 is 1.39 bits per heavy atom. The highest BCUT2D eigenvalue weighted by Crippen LogP contribution is 2.23. The normalized spacial score (nSPS) is 26.0. The van der Waals surface area contributed by atoms with Crippen LogP contribution in [-0.4, -0.2) is 40.1 Å². The number of ether oxygens (including phenoxy) is 2.